The van der Waals surface area contributed by atoms with Crippen molar-refractivity contribution in [3.63, 3.8) is 0 Å². The Bertz CT molecular complexity index is 1360. The summed E-state index contributed by atoms with van der Waals surface area (Å²) >= 11 is 0. The number of carboxylic acid groups (broad SMARTS) is 1. The third kappa shape index (κ3) is 5.88. The zero-order chi connectivity index (χ0) is 26.7. The average molecular weight is 526 g/mol. The van der Waals surface area contributed by atoms with Gasteiger partial charge in [-0.2, -0.15) is 17.5 Å². The summed E-state index contributed by atoms with van der Waals surface area (Å²) in [5, 5.41) is 9.89. The number of hydrogen-bond donors (Lipinski definition) is 2. The van der Waals surface area contributed by atoms with Crippen LogP contribution in [0.25, 0.3) is 5.69 Å². The number of nitrogens with one attached hydrogen (secondary N) is 1. The van der Waals surface area contributed by atoms with Gasteiger partial charge in [-0.1, -0.05) is 26.0 Å². The molecule has 0 saturated heterocycles. The number of nitrogens with zero attached hydrogens (tertiary/aromatic N) is 4. The van der Waals surface area contributed by atoms with Gasteiger partial charge in [0.1, 0.15) is 11.2 Å². The summed E-state index contributed by atoms with van der Waals surface area (Å²) in [5.74, 6) is -3.04. The van der Waals surface area contributed by atoms with Gasteiger partial charge in [-0.05, 0) is 30.2 Å². The standard InChI is InChI=1S/C20H21N5O3S.C2HF3O2/c1-14(2)11-24-12-17-19(20(26)23-15-6-5-9-21-10-15)22-13-25(17)16-7-3-4-8-18(16)29(24,27)28;3-2(4,5)1(6)7/h3-10,13-14H,11-12H2,1-2H3,(H,23,26);(H,6,7). The first kappa shape index (κ1) is 26.8. The van der Waals surface area contributed by atoms with Crippen LogP contribution >= 0.6 is 0 Å². The lowest BCUT2D eigenvalue weighted by Crippen LogP contribution is -2.33. The molecule has 14 heteroatoms. The van der Waals surface area contributed by atoms with Gasteiger partial charge in [0.05, 0.1) is 29.8 Å². The molecule has 0 aliphatic carbocycles. The minimum absolute atomic E-state index is 0.0605. The molecule has 1 aliphatic rings. The maximum absolute atomic E-state index is 13.3. The van der Waals surface area contributed by atoms with Crippen LogP contribution in [0.3, 0.4) is 0 Å². The molecule has 4 rings (SSSR count). The van der Waals surface area contributed by atoms with Crippen LogP contribution in [0.2, 0.25) is 0 Å². The van der Waals surface area contributed by atoms with Crippen molar-refractivity contribution in [3.8, 4) is 5.69 Å². The fourth-order valence-electron chi connectivity index (χ4n) is 3.38. The summed E-state index contributed by atoms with van der Waals surface area (Å²) in [6.07, 6.45) is -0.428. The summed E-state index contributed by atoms with van der Waals surface area (Å²) < 4.78 is 61.4. The monoisotopic (exact) mass is 525 g/mol. The van der Waals surface area contributed by atoms with Gasteiger partial charge < -0.3 is 10.4 Å². The number of carbonyl (C=O) groups is 2. The van der Waals surface area contributed by atoms with Gasteiger partial charge >= 0.3 is 12.1 Å². The lowest BCUT2D eigenvalue weighted by Gasteiger charge is -2.22. The van der Waals surface area contributed by atoms with E-state index in [2.05, 4.69) is 15.3 Å². The van der Waals surface area contributed by atoms with Gasteiger partial charge in [0, 0.05) is 12.7 Å². The van der Waals surface area contributed by atoms with E-state index in [0.717, 1.165) is 0 Å². The molecule has 2 aromatic heterocycles. The topological polar surface area (TPSA) is 134 Å². The summed E-state index contributed by atoms with van der Waals surface area (Å²) in [5.41, 5.74) is 1.75. The molecule has 36 heavy (non-hydrogen) atoms. The molecule has 0 radical (unpaired) electrons. The number of carboxylic acids is 1. The van der Waals surface area contributed by atoms with E-state index in [-0.39, 0.29) is 23.1 Å². The predicted molar refractivity (Wildman–Crippen MR) is 122 cm³/mol. The Kier molecular flexibility index (Phi) is 7.79. The SMILES string of the molecule is CC(C)CN1Cc2c(C(=O)Nc3cccnc3)ncn2-c2ccccc2S1(=O)=O.O=C(O)C(F)(F)F. The van der Waals surface area contributed by atoms with Gasteiger partial charge in [-0.25, -0.2) is 18.2 Å². The molecule has 1 amide bonds. The van der Waals surface area contributed by atoms with E-state index in [1.54, 1.807) is 47.2 Å². The average Bonchev–Trinajstić information content (AvgIpc) is 3.19. The first-order chi connectivity index (χ1) is 16.8. The third-order valence-electron chi connectivity index (χ3n) is 4.88. The maximum atomic E-state index is 13.3. The Balaban J connectivity index is 0.000000454. The molecule has 0 spiro atoms. The number of aromatic nitrogens is 3. The number of anilines is 1. The summed E-state index contributed by atoms with van der Waals surface area (Å²) in [6.45, 7) is 4.32. The Hall–Kier alpha value is -3.78. The van der Waals surface area contributed by atoms with Crippen molar-refractivity contribution in [3.05, 3.63) is 66.5 Å². The number of rotatable bonds is 4. The fourth-order valence-corrected chi connectivity index (χ4v) is 5.13. The number of alkyl halides is 3. The number of hydrogen-bond acceptors (Lipinski definition) is 6. The van der Waals surface area contributed by atoms with Crippen molar-refractivity contribution >= 4 is 27.6 Å². The molecule has 3 heterocycles. The second-order valence-corrected chi connectivity index (χ2v) is 9.97. The number of imidazole rings is 1. The molecule has 0 fully saturated rings. The molecule has 3 aromatic rings. The van der Waals surface area contributed by atoms with Crippen molar-refractivity contribution < 1.29 is 36.3 Å². The number of pyridine rings is 1. The third-order valence-corrected chi connectivity index (χ3v) is 6.74. The molecule has 10 nitrogen and oxygen atoms in total. The van der Waals surface area contributed by atoms with Crippen molar-refractivity contribution in [1.29, 1.82) is 0 Å². The number of halogens is 3. The highest BCUT2D eigenvalue weighted by Gasteiger charge is 2.38. The van der Waals surface area contributed by atoms with Crippen molar-refractivity contribution in [2.75, 3.05) is 11.9 Å². The Morgan fingerprint density at radius 2 is 1.83 bits per heavy atom. The largest absolute Gasteiger partial charge is 0.490 e. The zero-order valence-corrected chi connectivity index (χ0v) is 19.9. The van der Waals surface area contributed by atoms with Crippen LogP contribution in [0.4, 0.5) is 18.9 Å². The first-order valence-electron chi connectivity index (χ1n) is 10.5. The molecule has 0 atom stereocenters. The molecular formula is C22H22F3N5O5S. The van der Waals surface area contributed by atoms with Crippen LogP contribution < -0.4 is 5.32 Å². The van der Waals surface area contributed by atoms with E-state index in [1.807, 2.05) is 13.8 Å². The van der Waals surface area contributed by atoms with E-state index in [4.69, 9.17) is 9.90 Å². The van der Waals surface area contributed by atoms with E-state index < -0.39 is 28.1 Å². The number of carbonyl (C=O) groups excluding carboxylic acids is 1. The number of aliphatic carboxylic acids is 1. The minimum Gasteiger partial charge on any atom is -0.475 e. The minimum atomic E-state index is -5.08. The van der Waals surface area contributed by atoms with Crippen LogP contribution in [0, 0.1) is 5.92 Å². The molecular weight excluding hydrogens is 503 g/mol. The van der Waals surface area contributed by atoms with Crippen LogP contribution in [-0.2, 0) is 21.4 Å². The van der Waals surface area contributed by atoms with Crippen molar-refractivity contribution in [2.45, 2.75) is 31.5 Å². The lowest BCUT2D eigenvalue weighted by molar-refractivity contribution is -0.192. The highest BCUT2D eigenvalue weighted by Crippen LogP contribution is 2.31. The second-order valence-electron chi connectivity index (χ2n) is 8.07. The number of amides is 1. The van der Waals surface area contributed by atoms with Gasteiger partial charge in [-0.15, -0.1) is 0 Å². The number of sulfonamides is 1. The molecule has 2 N–H and O–H groups in total. The fraction of sp³-hybridized carbons (Fsp3) is 0.273. The van der Waals surface area contributed by atoms with Crippen LogP contribution in [0.1, 0.15) is 30.0 Å². The number of benzene rings is 1. The zero-order valence-electron chi connectivity index (χ0n) is 19.1. The normalized spacial score (nSPS) is 14.6. The van der Waals surface area contributed by atoms with E-state index in [9.17, 15) is 26.4 Å². The molecule has 1 aromatic carbocycles. The van der Waals surface area contributed by atoms with E-state index in [0.29, 0.717) is 23.6 Å². The van der Waals surface area contributed by atoms with Gasteiger partial charge in [0.25, 0.3) is 5.91 Å². The number of para-hydroxylation sites is 1. The van der Waals surface area contributed by atoms with Crippen LogP contribution in [-0.4, -0.2) is 57.0 Å². The Labute approximate surface area is 204 Å². The molecule has 192 valence electrons. The first-order valence-corrected chi connectivity index (χ1v) is 11.9. The van der Waals surface area contributed by atoms with Crippen molar-refractivity contribution in [2.24, 2.45) is 5.92 Å². The molecule has 0 bridgehead atoms. The summed E-state index contributed by atoms with van der Waals surface area (Å²) in [7, 11) is -3.71. The van der Waals surface area contributed by atoms with E-state index in [1.165, 1.54) is 16.8 Å². The molecule has 1 aliphatic heterocycles. The Morgan fingerprint density at radius 3 is 2.42 bits per heavy atom. The number of fused-ring (bicyclic) bond motifs is 3. The van der Waals surface area contributed by atoms with Crippen LogP contribution in [0.5, 0.6) is 0 Å². The highest BCUT2D eigenvalue weighted by molar-refractivity contribution is 7.89. The van der Waals surface area contributed by atoms with Gasteiger partial charge in [-0.3, -0.25) is 14.3 Å². The van der Waals surface area contributed by atoms with Crippen LogP contribution in [0.15, 0.2) is 60.0 Å². The predicted octanol–water partition coefficient (Wildman–Crippen LogP) is 3.31. The lowest BCUT2D eigenvalue weighted by atomic mass is 10.2. The molecule has 0 saturated carbocycles. The van der Waals surface area contributed by atoms with Gasteiger partial charge in [0.15, 0.2) is 5.69 Å². The highest BCUT2D eigenvalue weighted by atomic mass is 32.2. The quantitative estimate of drug-likeness (QED) is 0.534. The maximum Gasteiger partial charge on any atom is 0.490 e. The van der Waals surface area contributed by atoms with Crippen molar-refractivity contribution in [1.82, 2.24) is 18.8 Å². The Morgan fingerprint density at radius 1 is 1.17 bits per heavy atom. The van der Waals surface area contributed by atoms with Gasteiger partial charge in [0.2, 0.25) is 10.0 Å². The summed E-state index contributed by atoms with van der Waals surface area (Å²) in [6, 6.07) is 10.2. The van der Waals surface area contributed by atoms with E-state index >= 15 is 0 Å². The summed E-state index contributed by atoms with van der Waals surface area (Å²) in [4.78, 5) is 30.3. The molecule has 0 unspecified atom stereocenters. The second kappa shape index (κ2) is 10.5. The smallest absolute Gasteiger partial charge is 0.475 e.